The van der Waals surface area contributed by atoms with E-state index in [0.29, 0.717) is 12.0 Å². The normalized spacial score (nSPS) is 12.9. The van der Waals surface area contributed by atoms with Gasteiger partial charge in [0.2, 0.25) is 0 Å². The minimum atomic E-state index is -0.340. The number of hydrogen-bond acceptors (Lipinski definition) is 3. The van der Waals surface area contributed by atoms with Crippen LogP contribution in [0.25, 0.3) is 0 Å². The van der Waals surface area contributed by atoms with Gasteiger partial charge in [-0.2, -0.15) is 10.5 Å². The zero-order valence-corrected chi connectivity index (χ0v) is 11.6. The lowest BCUT2D eigenvalue weighted by Gasteiger charge is -2.22. The van der Waals surface area contributed by atoms with Crippen LogP contribution in [-0.2, 0) is 0 Å². The van der Waals surface area contributed by atoms with E-state index in [1.165, 1.54) is 0 Å². The quantitative estimate of drug-likeness (QED) is 0.910. The number of nitrogens with zero attached hydrogens (tertiary/aromatic N) is 2. The number of benzene rings is 2. The molecule has 2 aromatic carbocycles. The fourth-order valence-corrected chi connectivity index (χ4v) is 2.53. The third kappa shape index (κ3) is 3.48. The highest BCUT2D eigenvalue weighted by Crippen LogP contribution is 2.35. The summed E-state index contributed by atoms with van der Waals surface area (Å²) in [6.45, 7) is 0.0357. The van der Waals surface area contributed by atoms with Crippen molar-refractivity contribution in [2.75, 3.05) is 6.61 Å². The molecule has 3 heteroatoms. The monoisotopic (exact) mass is 276 g/mol. The van der Waals surface area contributed by atoms with Crippen LogP contribution in [0, 0.1) is 22.7 Å². The van der Waals surface area contributed by atoms with Crippen LogP contribution < -0.4 is 0 Å². The van der Waals surface area contributed by atoms with Crippen LogP contribution in [0.2, 0.25) is 0 Å². The first-order valence-corrected chi connectivity index (χ1v) is 6.85. The Hall–Kier alpha value is -2.62. The Bertz CT molecular complexity index is 650. The van der Waals surface area contributed by atoms with Gasteiger partial charge >= 0.3 is 0 Å². The molecule has 0 spiro atoms. The van der Waals surface area contributed by atoms with Crippen molar-refractivity contribution in [1.82, 2.24) is 0 Å². The minimum absolute atomic E-state index is 0.0357. The van der Waals surface area contributed by atoms with Gasteiger partial charge in [0.05, 0.1) is 23.6 Å². The fourth-order valence-electron chi connectivity index (χ4n) is 2.53. The van der Waals surface area contributed by atoms with Crippen molar-refractivity contribution in [3.05, 3.63) is 71.3 Å². The summed E-state index contributed by atoms with van der Waals surface area (Å²) in [5, 5.41) is 27.7. The van der Waals surface area contributed by atoms with E-state index in [0.717, 1.165) is 11.1 Å². The zero-order valence-electron chi connectivity index (χ0n) is 11.6. The summed E-state index contributed by atoms with van der Waals surface area (Å²) in [5.41, 5.74) is 2.50. The second-order valence-electron chi connectivity index (χ2n) is 4.87. The van der Waals surface area contributed by atoms with Crippen molar-refractivity contribution in [1.29, 1.82) is 10.5 Å². The highest BCUT2D eigenvalue weighted by atomic mass is 16.3. The third-order valence-electron chi connectivity index (χ3n) is 3.61. The molecule has 0 aliphatic heterocycles. The molecule has 104 valence electrons. The number of rotatable bonds is 5. The molecule has 0 fully saturated rings. The summed E-state index contributed by atoms with van der Waals surface area (Å²) in [6, 6.07) is 21.3. The highest BCUT2D eigenvalue weighted by Gasteiger charge is 2.24. The number of nitriles is 2. The van der Waals surface area contributed by atoms with Gasteiger partial charge in [-0.3, -0.25) is 0 Å². The number of aliphatic hydroxyl groups excluding tert-OH is 1. The molecule has 0 saturated heterocycles. The maximum Gasteiger partial charge on any atom is 0.0991 e. The van der Waals surface area contributed by atoms with Crippen LogP contribution in [0.4, 0.5) is 0 Å². The molecule has 0 radical (unpaired) electrons. The average Bonchev–Trinajstić information content (AvgIpc) is 2.56. The first-order chi connectivity index (χ1) is 10.3. The molecule has 0 saturated carbocycles. The molecule has 0 aromatic heterocycles. The fraction of sp³-hybridized carbons (Fsp3) is 0.222. The first kappa shape index (κ1) is 14.8. The van der Waals surface area contributed by atoms with Gasteiger partial charge in [0, 0.05) is 12.5 Å². The van der Waals surface area contributed by atoms with E-state index in [1.54, 1.807) is 12.1 Å². The van der Waals surface area contributed by atoms with E-state index in [-0.39, 0.29) is 18.4 Å². The molecule has 0 amide bonds. The van der Waals surface area contributed by atoms with E-state index in [2.05, 4.69) is 12.1 Å². The van der Waals surface area contributed by atoms with Crippen molar-refractivity contribution in [3.63, 3.8) is 0 Å². The molecule has 0 heterocycles. The van der Waals surface area contributed by atoms with Crippen LogP contribution >= 0.6 is 0 Å². The van der Waals surface area contributed by atoms with E-state index in [9.17, 15) is 10.4 Å². The Balaban J connectivity index is 2.36. The van der Waals surface area contributed by atoms with Crippen LogP contribution in [0.15, 0.2) is 54.6 Å². The molecule has 2 atom stereocenters. The lowest BCUT2D eigenvalue weighted by atomic mass is 9.80. The van der Waals surface area contributed by atoms with Crippen LogP contribution in [0.1, 0.15) is 34.9 Å². The van der Waals surface area contributed by atoms with E-state index in [1.807, 2.05) is 42.5 Å². The van der Waals surface area contributed by atoms with Gasteiger partial charge in [-0.15, -0.1) is 0 Å². The highest BCUT2D eigenvalue weighted by molar-refractivity contribution is 5.38. The predicted octanol–water partition coefficient (Wildman–Crippen LogP) is 3.33. The molecular formula is C18H16N2O. The lowest BCUT2D eigenvalue weighted by molar-refractivity contribution is 0.272. The predicted molar refractivity (Wildman–Crippen MR) is 80.4 cm³/mol. The van der Waals surface area contributed by atoms with E-state index < -0.39 is 0 Å². The smallest absolute Gasteiger partial charge is 0.0991 e. The summed E-state index contributed by atoms with van der Waals surface area (Å²) in [7, 11) is 0. The molecule has 3 nitrogen and oxygen atoms in total. The average molecular weight is 276 g/mol. The Morgan fingerprint density at radius 3 is 2.10 bits per heavy atom. The number of aliphatic hydroxyl groups is 1. The Morgan fingerprint density at radius 2 is 1.57 bits per heavy atom. The molecule has 2 aromatic rings. The van der Waals surface area contributed by atoms with Crippen LogP contribution in [0.5, 0.6) is 0 Å². The standard InChI is InChI=1S/C18H16N2O/c19-12-14-6-8-16(9-7-14)18(13-20)17(10-11-21)15-4-2-1-3-5-15/h1-9,17-18,21H,10-11H2. The molecule has 0 aliphatic carbocycles. The summed E-state index contributed by atoms with van der Waals surface area (Å²) >= 11 is 0. The Kier molecular flexibility index (Phi) is 5.10. The van der Waals surface area contributed by atoms with Gasteiger partial charge < -0.3 is 5.11 Å². The Morgan fingerprint density at radius 1 is 0.905 bits per heavy atom. The molecule has 21 heavy (non-hydrogen) atoms. The molecule has 2 unspecified atom stereocenters. The van der Waals surface area contributed by atoms with Crippen molar-refractivity contribution in [3.8, 4) is 12.1 Å². The van der Waals surface area contributed by atoms with Gasteiger partial charge in [-0.1, -0.05) is 42.5 Å². The van der Waals surface area contributed by atoms with Gasteiger partial charge in [-0.25, -0.2) is 0 Å². The molecule has 2 rings (SSSR count). The van der Waals surface area contributed by atoms with Gasteiger partial charge in [0.25, 0.3) is 0 Å². The van der Waals surface area contributed by atoms with E-state index in [4.69, 9.17) is 5.26 Å². The SMILES string of the molecule is N#Cc1ccc(C(C#N)C(CCO)c2ccccc2)cc1. The first-order valence-electron chi connectivity index (χ1n) is 6.85. The summed E-state index contributed by atoms with van der Waals surface area (Å²) < 4.78 is 0. The zero-order chi connectivity index (χ0) is 15.1. The van der Waals surface area contributed by atoms with Gasteiger partial charge in [0.1, 0.15) is 0 Å². The third-order valence-corrected chi connectivity index (χ3v) is 3.61. The van der Waals surface area contributed by atoms with Crippen LogP contribution in [0.3, 0.4) is 0 Å². The number of hydrogen-bond donors (Lipinski definition) is 1. The molecule has 1 N–H and O–H groups in total. The minimum Gasteiger partial charge on any atom is -0.396 e. The van der Waals surface area contributed by atoms with Gasteiger partial charge in [0.15, 0.2) is 0 Å². The second-order valence-corrected chi connectivity index (χ2v) is 4.87. The van der Waals surface area contributed by atoms with Gasteiger partial charge in [-0.05, 0) is 29.7 Å². The summed E-state index contributed by atoms with van der Waals surface area (Å²) in [4.78, 5) is 0. The lowest BCUT2D eigenvalue weighted by Crippen LogP contribution is -2.12. The van der Waals surface area contributed by atoms with E-state index >= 15 is 0 Å². The van der Waals surface area contributed by atoms with Crippen molar-refractivity contribution < 1.29 is 5.11 Å². The second kappa shape index (κ2) is 7.24. The topological polar surface area (TPSA) is 67.8 Å². The van der Waals surface area contributed by atoms with Crippen molar-refractivity contribution >= 4 is 0 Å². The van der Waals surface area contributed by atoms with Crippen LogP contribution in [-0.4, -0.2) is 11.7 Å². The Labute approximate surface area is 124 Å². The molecule has 0 aliphatic rings. The maximum absolute atomic E-state index is 9.57. The van der Waals surface area contributed by atoms with Crippen molar-refractivity contribution in [2.24, 2.45) is 0 Å². The van der Waals surface area contributed by atoms with Crippen molar-refractivity contribution in [2.45, 2.75) is 18.3 Å². The maximum atomic E-state index is 9.57. The molecular weight excluding hydrogens is 260 g/mol. The largest absolute Gasteiger partial charge is 0.396 e. The summed E-state index contributed by atoms with van der Waals surface area (Å²) in [6.07, 6.45) is 0.530. The molecule has 0 bridgehead atoms. The summed E-state index contributed by atoms with van der Waals surface area (Å²) in [5.74, 6) is -0.401.